The molecule has 0 radical (unpaired) electrons. The summed E-state index contributed by atoms with van der Waals surface area (Å²) in [5.41, 5.74) is 4.47. The van der Waals surface area contributed by atoms with Gasteiger partial charge in [-0.1, -0.05) is 48.5 Å². The van der Waals surface area contributed by atoms with Crippen molar-refractivity contribution in [1.29, 1.82) is 0 Å². The third-order valence-electron chi connectivity index (χ3n) is 4.95. The van der Waals surface area contributed by atoms with Crippen LogP contribution in [0.5, 0.6) is 5.75 Å². The predicted molar refractivity (Wildman–Crippen MR) is 99.8 cm³/mol. The molecule has 0 aliphatic carbocycles. The SMILES string of the molecule is c1ccc(CCN2COc3ccc4oc5ccccc5c4c3C2)cc1. The quantitative estimate of drug-likeness (QED) is 0.530. The Kier molecular flexibility index (Phi) is 3.46. The van der Waals surface area contributed by atoms with Crippen LogP contribution in [0.15, 0.2) is 71.1 Å². The molecule has 0 N–H and O–H groups in total. The Morgan fingerprint density at radius 1 is 0.840 bits per heavy atom. The fourth-order valence-corrected chi connectivity index (χ4v) is 3.67. The Bertz CT molecular complexity index is 1040. The number of nitrogens with zero attached hydrogens (tertiary/aromatic N) is 1. The number of para-hydroxylation sites is 1. The maximum absolute atomic E-state index is 6.04. The largest absolute Gasteiger partial charge is 0.478 e. The van der Waals surface area contributed by atoms with E-state index in [0.717, 1.165) is 36.4 Å². The number of hydrogen-bond acceptors (Lipinski definition) is 3. The van der Waals surface area contributed by atoms with E-state index in [1.165, 1.54) is 21.9 Å². The Morgan fingerprint density at radius 2 is 1.68 bits per heavy atom. The highest BCUT2D eigenvalue weighted by Crippen LogP contribution is 2.38. The van der Waals surface area contributed by atoms with E-state index in [2.05, 4.69) is 47.4 Å². The zero-order valence-corrected chi connectivity index (χ0v) is 13.9. The molecule has 25 heavy (non-hydrogen) atoms. The first-order valence-electron chi connectivity index (χ1n) is 8.71. The first-order chi connectivity index (χ1) is 12.4. The van der Waals surface area contributed by atoms with Crippen molar-refractivity contribution in [1.82, 2.24) is 4.90 Å². The maximum atomic E-state index is 6.04. The molecular weight excluding hydrogens is 310 g/mol. The molecule has 0 atom stereocenters. The third kappa shape index (κ3) is 2.57. The minimum atomic E-state index is 0.640. The molecule has 0 fully saturated rings. The van der Waals surface area contributed by atoms with Gasteiger partial charge in [-0.05, 0) is 30.2 Å². The molecule has 124 valence electrons. The minimum absolute atomic E-state index is 0.640. The fraction of sp³-hybridized carbons (Fsp3) is 0.182. The van der Waals surface area contributed by atoms with Gasteiger partial charge >= 0.3 is 0 Å². The minimum Gasteiger partial charge on any atom is -0.478 e. The zero-order valence-electron chi connectivity index (χ0n) is 13.9. The van der Waals surface area contributed by atoms with E-state index in [0.29, 0.717) is 6.73 Å². The lowest BCUT2D eigenvalue weighted by Crippen LogP contribution is -2.33. The van der Waals surface area contributed by atoms with E-state index in [-0.39, 0.29) is 0 Å². The van der Waals surface area contributed by atoms with Crippen molar-refractivity contribution in [2.45, 2.75) is 13.0 Å². The summed E-state index contributed by atoms with van der Waals surface area (Å²) in [5, 5.41) is 2.36. The highest BCUT2D eigenvalue weighted by Gasteiger charge is 2.22. The first-order valence-corrected chi connectivity index (χ1v) is 8.71. The zero-order chi connectivity index (χ0) is 16.6. The molecule has 0 amide bonds. The highest BCUT2D eigenvalue weighted by molar-refractivity contribution is 6.07. The molecule has 4 aromatic rings. The van der Waals surface area contributed by atoms with Gasteiger partial charge in [0.1, 0.15) is 23.6 Å². The topological polar surface area (TPSA) is 25.6 Å². The summed E-state index contributed by atoms with van der Waals surface area (Å²) in [7, 11) is 0. The smallest absolute Gasteiger partial charge is 0.142 e. The van der Waals surface area contributed by atoms with Gasteiger partial charge in [0.05, 0.1) is 0 Å². The van der Waals surface area contributed by atoms with E-state index >= 15 is 0 Å². The third-order valence-corrected chi connectivity index (χ3v) is 4.95. The number of furan rings is 1. The lowest BCUT2D eigenvalue weighted by molar-refractivity contribution is 0.0975. The molecule has 3 aromatic carbocycles. The normalized spacial score (nSPS) is 14.6. The van der Waals surface area contributed by atoms with Crippen LogP contribution < -0.4 is 4.74 Å². The Labute approximate surface area is 146 Å². The Balaban J connectivity index is 1.48. The van der Waals surface area contributed by atoms with Gasteiger partial charge < -0.3 is 9.15 Å². The van der Waals surface area contributed by atoms with Crippen LogP contribution in [0.25, 0.3) is 21.9 Å². The molecule has 1 aromatic heterocycles. The number of benzene rings is 3. The summed E-state index contributed by atoms with van der Waals surface area (Å²) in [6, 6.07) is 22.9. The second-order valence-corrected chi connectivity index (χ2v) is 6.58. The molecule has 0 saturated heterocycles. The van der Waals surface area contributed by atoms with Crippen molar-refractivity contribution in [2.24, 2.45) is 0 Å². The lowest BCUT2D eigenvalue weighted by atomic mass is 10.0. The fourth-order valence-electron chi connectivity index (χ4n) is 3.67. The number of fused-ring (bicyclic) bond motifs is 5. The van der Waals surface area contributed by atoms with Crippen LogP contribution in [0.2, 0.25) is 0 Å². The van der Waals surface area contributed by atoms with Gasteiger partial charge in [0.2, 0.25) is 0 Å². The molecule has 0 saturated carbocycles. The summed E-state index contributed by atoms with van der Waals surface area (Å²) in [6.07, 6.45) is 1.03. The van der Waals surface area contributed by atoms with Crippen molar-refractivity contribution in [2.75, 3.05) is 13.3 Å². The summed E-state index contributed by atoms with van der Waals surface area (Å²) in [5.74, 6) is 0.981. The Hall–Kier alpha value is -2.78. The first kappa shape index (κ1) is 14.6. The number of rotatable bonds is 3. The van der Waals surface area contributed by atoms with E-state index in [1.54, 1.807) is 0 Å². The average molecular weight is 329 g/mol. The average Bonchev–Trinajstić information content (AvgIpc) is 3.06. The van der Waals surface area contributed by atoms with Crippen LogP contribution >= 0.6 is 0 Å². The van der Waals surface area contributed by atoms with Gasteiger partial charge in [-0.15, -0.1) is 0 Å². The molecule has 0 unspecified atom stereocenters. The predicted octanol–water partition coefficient (Wildman–Crippen LogP) is 4.98. The summed E-state index contributed by atoms with van der Waals surface area (Å²) < 4.78 is 12.0. The summed E-state index contributed by atoms with van der Waals surface area (Å²) >= 11 is 0. The second kappa shape index (κ2) is 5.94. The van der Waals surface area contributed by atoms with Crippen LogP contribution in [-0.4, -0.2) is 18.2 Å². The van der Waals surface area contributed by atoms with Gasteiger partial charge in [-0.2, -0.15) is 0 Å². The van der Waals surface area contributed by atoms with Crippen molar-refractivity contribution in [3.05, 3.63) is 77.9 Å². The van der Waals surface area contributed by atoms with Crippen LogP contribution in [0.3, 0.4) is 0 Å². The van der Waals surface area contributed by atoms with E-state index < -0.39 is 0 Å². The van der Waals surface area contributed by atoms with Gasteiger partial charge in [-0.25, -0.2) is 0 Å². The van der Waals surface area contributed by atoms with E-state index in [1.807, 2.05) is 24.3 Å². The molecule has 5 rings (SSSR count). The highest BCUT2D eigenvalue weighted by atomic mass is 16.5. The van der Waals surface area contributed by atoms with E-state index in [4.69, 9.17) is 9.15 Å². The molecular formula is C22H19NO2. The molecule has 1 aliphatic heterocycles. The molecule has 0 spiro atoms. The van der Waals surface area contributed by atoms with Crippen LogP contribution in [-0.2, 0) is 13.0 Å². The van der Waals surface area contributed by atoms with Crippen LogP contribution in [0, 0.1) is 0 Å². The Morgan fingerprint density at radius 3 is 2.60 bits per heavy atom. The standard InChI is InChI=1S/C22H19NO2/c1-2-6-16(7-3-1)12-13-23-14-18-19(24-15-23)10-11-21-22(18)17-8-4-5-9-20(17)25-21/h1-11H,12-15H2. The molecule has 1 aliphatic rings. The van der Waals surface area contributed by atoms with Crippen molar-refractivity contribution in [3.63, 3.8) is 0 Å². The summed E-state index contributed by atoms with van der Waals surface area (Å²) in [6.45, 7) is 2.51. The van der Waals surface area contributed by atoms with Gasteiger partial charge in [0.25, 0.3) is 0 Å². The van der Waals surface area contributed by atoms with Crippen LogP contribution in [0.4, 0.5) is 0 Å². The molecule has 3 nitrogen and oxygen atoms in total. The molecule has 3 heteroatoms. The molecule has 2 heterocycles. The van der Waals surface area contributed by atoms with E-state index in [9.17, 15) is 0 Å². The lowest BCUT2D eigenvalue weighted by Gasteiger charge is -2.29. The van der Waals surface area contributed by atoms with Crippen molar-refractivity contribution >= 4 is 21.9 Å². The summed E-state index contributed by atoms with van der Waals surface area (Å²) in [4.78, 5) is 2.36. The number of ether oxygens (including phenoxy) is 1. The van der Waals surface area contributed by atoms with Crippen LogP contribution in [0.1, 0.15) is 11.1 Å². The monoisotopic (exact) mass is 329 g/mol. The maximum Gasteiger partial charge on any atom is 0.142 e. The van der Waals surface area contributed by atoms with Gasteiger partial charge in [-0.3, -0.25) is 4.90 Å². The van der Waals surface area contributed by atoms with Crippen molar-refractivity contribution < 1.29 is 9.15 Å². The van der Waals surface area contributed by atoms with Gasteiger partial charge in [0, 0.05) is 29.4 Å². The number of hydrogen-bond donors (Lipinski definition) is 0. The van der Waals surface area contributed by atoms with Gasteiger partial charge in [0.15, 0.2) is 0 Å². The second-order valence-electron chi connectivity index (χ2n) is 6.58. The van der Waals surface area contributed by atoms with Crippen molar-refractivity contribution in [3.8, 4) is 5.75 Å². The molecule has 0 bridgehead atoms.